The summed E-state index contributed by atoms with van der Waals surface area (Å²) in [6, 6.07) is 10.6. The summed E-state index contributed by atoms with van der Waals surface area (Å²) in [7, 11) is -3.94. The Morgan fingerprint density at radius 2 is 1.79 bits per heavy atom. The van der Waals surface area contributed by atoms with E-state index in [9.17, 15) is 22.4 Å². The summed E-state index contributed by atoms with van der Waals surface area (Å²) in [6.07, 6.45) is 1.41. The molecule has 9 heteroatoms. The summed E-state index contributed by atoms with van der Waals surface area (Å²) in [6.45, 7) is 2.36. The van der Waals surface area contributed by atoms with Crippen molar-refractivity contribution in [3.8, 4) is 0 Å². The van der Waals surface area contributed by atoms with Crippen molar-refractivity contribution in [3.63, 3.8) is 0 Å². The van der Waals surface area contributed by atoms with Crippen LogP contribution in [0.5, 0.6) is 0 Å². The number of anilines is 1. The molecule has 3 rings (SSSR count). The van der Waals surface area contributed by atoms with Crippen molar-refractivity contribution < 1.29 is 22.4 Å². The van der Waals surface area contributed by atoms with E-state index in [2.05, 4.69) is 10.0 Å². The lowest BCUT2D eigenvalue weighted by Gasteiger charge is -2.17. The van der Waals surface area contributed by atoms with Gasteiger partial charge in [-0.25, -0.2) is 12.8 Å². The first-order valence-electron chi connectivity index (χ1n) is 9.21. The first-order chi connectivity index (χ1) is 13.8. The minimum absolute atomic E-state index is 0.105. The third-order valence-electron chi connectivity index (χ3n) is 4.64. The third-order valence-corrected chi connectivity index (χ3v) is 6.19. The topological polar surface area (TPSA) is 95.6 Å². The highest BCUT2D eigenvalue weighted by Crippen LogP contribution is 2.21. The van der Waals surface area contributed by atoms with Crippen LogP contribution in [0.1, 0.15) is 25.3 Å². The number of sulfonamides is 1. The number of rotatable bonds is 7. The van der Waals surface area contributed by atoms with Gasteiger partial charge in [0.05, 0.1) is 10.9 Å². The summed E-state index contributed by atoms with van der Waals surface area (Å²) in [5.74, 6) is -0.933. The van der Waals surface area contributed by atoms with E-state index < -0.39 is 27.8 Å². The van der Waals surface area contributed by atoms with E-state index in [1.807, 2.05) is 24.3 Å². The van der Waals surface area contributed by atoms with Crippen LogP contribution in [0, 0.1) is 5.82 Å². The van der Waals surface area contributed by atoms with Crippen LogP contribution in [0.25, 0.3) is 0 Å². The monoisotopic (exact) mass is 419 g/mol. The molecule has 0 unspecified atom stereocenters. The van der Waals surface area contributed by atoms with Crippen molar-refractivity contribution >= 4 is 27.5 Å². The van der Waals surface area contributed by atoms with E-state index >= 15 is 0 Å². The molecule has 2 aromatic rings. The number of carbonyl (C=O) groups excluding carboxylic acids is 2. The van der Waals surface area contributed by atoms with Crippen LogP contribution < -0.4 is 14.9 Å². The van der Waals surface area contributed by atoms with Crippen LogP contribution in [0.15, 0.2) is 53.4 Å². The molecule has 1 aliphatic rings. The van der Waals surface area contributed by atoms with Crippen molar-refractivity contribution in [2.75, 3.05) is 11.4 Å². The molecule has 1 aliphatic heterocycles. The van der Waals surface area contributed by atoms with Gasteiger partial charge in [-0.3, -0.25) is 9.59 Å². The molecule has 0 aliphatic carbocycles. The summed E-state index contributed by atoms with van der Waals surface area (Å²) < 4.78 is 39.8. The number of carbonyl (C=O) groups is 2. The molecular weight excluding hydrogens is 397 g/mol. The molecular formula is C20H22FN3O4S. The standard InChI is InChI=1S/C20H22FN3O4S/c1-14(23-29(27,28)18-10-6-16(21)7-11-18)20(26)22-13-15-4-8-17(9-5-15)24-12-2-3-19(24)25/h4-11,14,23H,2-3,12-13H2,1H3,(H,22,26)/t14-/m0/s1. The van der Waals surface area contributed by atoms with Gasteiger partial charge < -0.3 is 10.2 Å². The minimum Gasteiger partial charge on any atom is -0.351 e. The maximum absolute atomic E-state index is 13.0. The van der Waals surface area contributed by atoms with Gasteiger partial charge in [0, 0.05) is 25.2 Å². The van der Waals surface area contributed by atoms with E-state index in [1.165, 1.54) is 6.92 Å². The summed E-state index contributed by atoms with van der Waals surface area (Å²) in [5.41, 5.74) is 1.64. The Labute approximate surface area is 169 Å². The molecule has 0 aromatic heterocycles. The SMILES string of the molecule is C[C@H](NS(=O)(=O)c1ccc(F)cc1)C(=O)NCc1ccc(N2CCCC2=O)cc1. The fraction of sp³-hybridized carbons (Fsp3) is 0.300. The second-order valence-corrected chi connectivity index (χ2v) is 8.54. The van der Waals surface area contributed by atoms with Gasteiger partial charge in [-0.2, -0.15) is 4.72 Å². The molecule has 0 saturated carbocycles. The number of hydrogen-bond donors (Lipinski definition) is 2. The Balaban J connectivity index is 1.54. The van der Waals surface area contributed by atoms with Crippen LogP contribution in [-0.2, 0) is 26.2 Å². The Morgan fingerprint density at radius 1 is 1.14 bits per heavy atom. The quantitative estimate of drug-likeness (QED) is 0.717. The zero-order chi connectivity index (χ0) is 21.0. The van der Waals surface area contributed by atoms with Gasteiger partial charge in [-0.1, -0.05) is 12.1 Å². The lowest BCUT2D eigenvalue weighted by atomic mass is 10.2. The molecule has 1 fully saturated rings. The fourth-order valence-electron chi connectivity index (χ4n) is 3.03. The highest BCUT2D eigenvalue weighted by Gasteiger charge is 2.23. The van der Waals surface area contributed by atoms with Crippen LogP contribution in [0.3, 0.4) is 0 Å². The van der Waals surface area contributed by atoms with Crippen molar-refractivity contribution in [2.24, 2.45) is 0 Å². The second kappa shape index (κ2) is 8.71. The van der Waals surface area contributed by atoms with Gasteiger partial charge in [-0.05, 0) is 55.3 Å². The number of nitrogens with zero attached hydrogens (tertiary/aromatic N) is 1. The maximum atomic E-state index is 13.0. The molecule has 0 radical (unpaired) electrons. The molecule has 2 N–H and O–H groups in total. The molecule has 1 atom stereocenters. The van der Waals surface area contributed by atoms with Gasteiger partial charge in [0.25, 0.3) is 0 Å². The molecule has 0 bridgehead atoms. The van der Waals surface area contributed by atoms with E-state index in [-0.39, 0.29) is 17.3 Å². The van der Waals surface area contributed by atoms with Crippen LogP contribution >= 0.6 is 0 Å². The fourth-order valence-corrected chi connectivity index (χ4v) is 4.23. The number of nitrogens with one attached hydrogen (secondary N) is 2. The van der Waals surface area contributed by atoms with E-state index in [0.29, 0.717) is 13.0 Å². The van der Waals surface area contributed by atoms with Crippen molar-refractivity contribution in [2.45, 2.75) is 37.2 Å². The zero-order valence-electron chi connectivity index (χ0n) is 15.9. The first kappa shape index (κ1) is 20.9. The summed E-state index contributed by atoms with van der Waals surface area (Å²) >= 11 is 0. The Hall–Kier alpha value is -2.78. The largest absolute Gasteiger partial charge is 0.351 e. The lowest BCUT2D eigenvalue weighted by molar-refractivity contribution is -0.122. The normalized spacial score (nSPS) is 15.4. The van der Waals surface area contributed by atoms with Crippen molar-refractivity contribution in [1.29, 1.82) is 0 Å². The molecule has 2 aromatic carbocycles. The van der Waals surface area contributed by atoms with Crippen LogP contribution in [0.2, 0.25) is 0 Å². The molecule has 154 valence electrons. The van der Waals surface area contributed by atoms with Gasteiger partial charge in [0.15, 0.2) is 0 Å². The Bertz CT molecular complexity index is 991. The van der Waals surface area contributed by atoms with Crippen molar-refractivity contribution in [3.05, 3.63) is 59.9 Å². The third kappa shape index (κ3) is 5.18. The predicted octanol–water partition coefficient (Wildman–Crippen LogP) is 1.94. The Kier molecular flexibility index (Phi) is 6.29. The lowest BCUT2D eigenvalue weighted by Crippen LogP contribution is -2.44. The smallest absolute Gasteiger partial charge is 0.241 e. The molecule has 29 heavy (non-hydrogen) atoms. The molecule has 1 saturated heterocycles. The van der Waals surface area contributed by atoms with Gasteiger partial charge in [0.1, 0.15) is 5.82 Å². The van der Waals surface area contributed by atoms with E-state index in [0.717, 1.165) is 41.9 Å². The summed E-state index contributed by atoms with van der Waals surface area (Å²) in [4.78, 5) is 25.6. The second-order valence-electron chi connectivity index (χ2n) is 6.83. The van der Waals surface area contributed by atoms with Gasteiger partial charge >= 0.3 is 0 Å². The van der Waals surface area contributed by atoms with E-state index in [1.54, 1.807) is 4.90 Å². The first-order valence-corrected chi connectivity index (χ1v) is 10.7. The number of halogens is 1. The van der Waals surface area contributed by atoms with E-state index in [4.69, 9.17) is 0 Å². The number of amides is 2. The number of hydrogen-bond acceptors (Lipinski definition) is 4. The van der Waals surface area contributed by atoms with Crippen molar-refractivity contribution in [1.82, 2.24) is 10.0 Å². The highest BCUT2D eigenvalue weighted by atomic mass is 32.2. The summed E-state index contributed by atoms with van der Waals surface area (Å²) in [5, 5.41) is 2.67. The average Bonchev–Trinajstić information content (AvgIpc) is 3.12. The Morgan fingerprint density at radius 3 is 2.38 bits per heavy atom. The highest BCUT2D eigenvalue weighted by molar-refractivity contribution is 7.89. The maximum Gasteiger partial charge on any atom is 0.241 e. The minimum atomic E-state index is -3.94. The average molecular weight is 419 g/mol. The van der Waals surface area contributed by atoms with Gasteiger partial charge in [-0.15, -0.1) is 0 Å². The van der Waals surface area contributed by atoms with Gasteiger partial charge in [0.2, 0.25) is 21.8 Å². The zero-order valence-corrected chi connectivity index (χ0v) is 16.7. The van der Waals surface area contributed by atoms with Crippen LogP contribution in [-0.4, -0.2) is 32.8 Å². The molecule has 2 amide bonds. The molecule has 0 spiro atoms. The molecule has 1 heterocycles. The number of benzene rings is 2. The predicted molar refractivity (Wildman–Crippen MR) is 106 cm³/mol. The molecule has 7 nitrogen and oxygen atoms in total. The van der Waals surface area contributed by atoms with Crippen LogP contribution in [0.4, 0.5) is 10.1 Å².